The summed E-state index contributed by atoms with van der Waals surface area (Å²) >= 11 is 0. The van der Waals surface area contributed by atoms with E-state index in [1.165, 1.54) is 19.2 Å². The Morgan fingerprint density at radius 1 is 1.11 bits per heavy atom. The van der Waals surface area contributed by atoms with E-state index < -0.39 is 41.9 Å². The Kier molecular flexibility index (Phi) is 12.9. The standard InChI is InChI=1S/C34H52FN7O5/c1-7-42-28(14-15-36-42)32(44)39-31(24-10-8-21(2)9-11-24)33(45)37-27-13-12-25(18-26(27)35)23(4)30(38-29(43)20-47-6)34(46)41-17-16-40(5)22(3)19-41/h12-15,18,21-24,30-31,34,46H,7-11,16-17,19-20H2,1-6H3,(H,37,45)(H,38,43)(H,39,44)/t21?,22-,23+,24?,30-,31+,34?/m1/s1. The van der Waals surface area contributed by atoms with E-state index in [0.717, 1.165) is 32.2 Å². The second-order valence-corrected chi connectivity index (χ2v) is 13.3. The van der Waals surface area contributed by atoms with Gasteiger partial charge < -0.3 is 30.7 Å². The molecule has 2 fully saturated rings. The summed E-state index contributed by atoms with van der Waals surface area (Å²) in [6.07, 6.45) is 3.96. The molecule has 1 saturated carbocycles. The van der Waals surface area contributed by atoms with Gasteiger partial charge in [-0.05, 0) is 69.3 Å². The van der Waals surface area contributed by atoms with Crippen molar-refractivity contribution in [1.82, 2.24) is 30.2 Å². The first kappa shape index (κ1) is 36.4. The molecule has 260 valence electrons. The monoisotopic (exact) mass is 657 g/mol. The molecule has 1 unspecified atom stereocenters. The van der Waals surface area contributed by atoms with Gasteiger partial charge in [-0.25, -0.2) is 4.39 Å². The van der Waals surface area contributed by atoms with Crippen molar-refractivity contribution >= 4 is 23.4 Å². The first-order valence-electron chi connectivity index (χ1n) is 16.8. The average molecular weight is 658 g/mol. The van der Waals surface area contributed by atoms with Crippen molar-refractivity contribution in [2.45, 2.75) is 90.2 Å². The molecule has 2 heterocycles. The van der Waals surface area contributed by atoms with Crippen LogP contribution in [0, 0.1) is 17.7 Å². The van der Waals surface area contributed by atoms with Gasteiger partial charge in [-0.2, -0.15) is 5.10 Å². The highest BCUT2D eigenvalue weighted by Crippen LogP contribution is 2.32. The summed E-state index contributed by atoms with van der Waals surface area (Å²) in [5.41, 5.74) is 0.893. The Balaban J connectivity index is 1.52. The number of anilines is 1. The molecule has 13 heteroatoms. The van der Waals surface area contributed by atoms with E-state index in [1.807, 2.05) is 25.8 Å². The second kappa shape index (κ2) is 16.6. The number of halogens is 1. The number of aromatic nitrogens is 2. The number of benzene rings is 1. The summed E-state index contributed by atoms with van der Waals surface area (Å²) in [6, 6.07) is 4.73. The van der Waals surface area contributed by atoms with Crippen molar-refractivity contribution in [3.8, 4) is 0 Å². The number of amides is 3. The van der Waals surface area contributed by atoms with Gasteiger partial charge in [0.2, 0.25) is 11.8 Å². The number of carbonyl (C=O) groups is 3. The van der Waals surface area contributed by atoms with Crippen LogP contribution in [-0.2, 0) is 20.9 Å². The van der Waals surface area contributed by atoms with Crippen molar-refractivity contribution < 1.29 is 28.6 Å². The maximum Gasteiger partial charge on any atom is 0.270 e. The molecule has 1 aromatic carbocycles. The van der Waals surface area contributed by atoms with Crippen LogP contribution < -0.4 is 16.0 Å². The third-order valence-electron chi connectivity index (χ3n) is 9.95. The molecule has 2 aliphatic rings. The number of aryl methyl sites for hydroxylation is 1. The zero-order valence-electron chi connectivity index (χ0n) is 28.5. The molecule has 5 atom stereocenters. The number of rotatable bonds is 13. The van der Waals surface area contributed by atoms with Crippen LogP contribution in [0.3, 0.4) is 0 Å². The van der Waals surface area contributed by atoms with Crippen LogP contribution >= 0.6 is 0 Å². The molecule has 47 heavy (non-hydrogen) atoms. The lowest BCUT2D eigenvalue weighted by Crippen LogP contribution is -2.60. The predicted octanol–water partition coefficient (Wildman–Crippen LogP) is 2.79. The first-order valence-corrected chi connectivity index (χ1v) is 16.8. The fourth-order valence-corrected chi connectivity index (χ4v) is 6.70. The highest BCUT2D eigenvalue weighted by Gasteiger charge is 2.36. The van der Waals surface area contributed by atoms with Crippen LogP contribution in [0.5, 0.6) is 0 Å². The second-order valence-electron chi connectivity index (χ2n) is 13.3. The van der Waals surface area contributed by atoms with E-state index in [0.29, 0.717) is 36.8 Å². The summed E-state index contributed by atoms with van der Waals surface area (Å²) in [6.45, 7) is 10.3. The third-order valence-corrected chi connectivity index (χ3v) is 9.95. The van der Waals surface area contributed by atoms with Crippen LogP contribution in [-0.4, -0.2) is 107 Å². The molecule has 1 aliphatic carbocycles. The Hall–Kier alpha value is -3.39. The number of hydrogen-bond donors (Lipinski definition) is 4. The fourth-order valence-electron chi connectivity index (χ4n) is 6.70. The van der Waals surface area contributed by atoms with Gasteiger partial charge in [0.1, 0.15) is 30.4 Å². The van der Waals surface area contributed by atoms with E-state index in [-0.39, 0.29) is 30.2 Å². The largest absolute Gasteiger partial charge is 0.376 e. The highest BCUT2D eigenvalue weighted by molar-refractivity contribution is 6.00. The minimum Gasteiger partial charge on any atom is -0.376 e. The number of aliphatic hydroxyl groups is 1. The molecule has 3 amide bonds. The minimum atomic E-state index is -1.02. The van der Waals surface area contributed by atoms with Crippen LogP contribution in [0.4, 0.5) is 10.1 Å². The lowest BCUT2D eigenvalue weighted by atomic mass is 9.79. The van der Waals surface area contributed by atoms with Crippen molar-refractivity contribution in [2.24, 2.45) is 11.8 Å². The summed E-state index contributed by atoms with van der Waals surface area (Å²) in [7, 11) is 3.45. The van der Waals surface area contributed by atoms with E-state index in [9.17, 15) is 19.5 Å². The maximum absolute atomic E-state index is 15.7. The van der Waals surface area contributed by atoms with Crippen LogP contribution in [0.1, 0.15) is 75.3 Å². The topological polar surface area (TPSA) is 141 Å². The number of ether oxygens (including phenoxy) is 1. The summed E-state index contributed by atoms with van der Waals surface area (Å²) < 4.78 is 22.3. The molecular formula is C34H52FN7O5. The molecular weight excluding hydrogens is 605 g/mol. The molecule has 2 aromatic rings. The van der Waals surface area contributed by atoms with Gasteiger partial charge in [0.05, 0.1) is 11.7 Å². The lowest BCUT2D eigenvalue weighted by Gasteiger charge is -2.43. The van der Waals surface area contributed by atoms with Crippen molar-refractivity contribution in [3.05, 3.63) is 47.5 Å². The molecule has 1 aromatic heterocycles. The normalized spacial score (nSPS) is 23.4. The first-order chi connectivity index (χ1) is 22.4. The fraction of sp³-hybridized carbons (Fsp3) is 0.647. The third kappa shape index (κ3) is 9.16. The molecule has 4 rings (SSSR count). The van der Waals surface area contributed by atoms with Crippen molar-refractivity contribution in [3.63, 3.8) is 0 Å². The minimum absolute atomic E-state index is 0.0126. The van der Waals surface area contributed by atoms with Crippen molar-refractivity contribution in [2.75, 3.05) is 45.7 Å². The van der Waals surface area contributed by atoms with Crippen LogP contribution in [0.2, 0.25) is 0 Å². The number of hydrogen-bond acceptors (Lipinski definition) is 8. The van der Waals surface area contributed by atoms with Gasteiger partial charge >= 0.3 is 0 Å². The van der Waals surface area contributed by atoms with Gasteiger partial charge in [-0.1, -0.05) is 32.8 Å². The van der Waals surface area contributed by atoms with Crippen LogP contribution in [0.15, 0.2) is 30.5 Å². The number of nitrogens with zero attached hydrogens (tertiary/aromatic N) is 4. The van der Waals surface area contributed by atoms with Crippen molar-refractivity contribution in [1.29, 1.82) is 0 Å². The SMILES string of the molecule is CCn1nccc1C(=O)N[C@H](C(=O)Nc1ccc([C@H](C)[C@@H](NC(=O)COC)C(O)N2CCN(C)[C@H](C)C2)cc1F)C1CCC(C)CC1. The zero-order chi connectivity index (χ0) is 34.2. The molecule has 4 N–H and O–H groups in total. The number of carbonyl (C=O) groups excluding carboxylic acids is 3. The van der Waals surface area contributed by atoms with Gasteiger partial charge in [0.25, 0.3) is 5.91 Å². The Morgan fingerprint density at radius 3 is 2.47 bits per heavy atom. The number of methoxy groups -OCH3 is 1. The van der Waals surface area contributed by atoms with Gasteiger partial charge in [0.15, 0.2) is 0 Å². The van der Waals surface area contributed by atoms with E-state index in [4.69, 9.17) is 4.74 Å². The summed E-state index contributed by atoms with van der Waals surface area (Å²) in [4.78, 5) is 43.7. The number of nitrogens with one attached hydrogen (secondary N) is 3. The Labute approximate surface area is 277 Å². The van der Waals surface area contributed by atoms with E-state index in [2.05, 4.69) is 39.8 Å². The van der Waals surface area contributed by atoms with Gasteiger partial charge in [-0.15, -0.1) is 0 Å². The smallest absolute Gasteiger partial charge is 0.270 e. The van der Waals surface area contributed by atoms with Gasteiger partial charge in [-0.3, -0.25) is 24.0 Å². The number of piperazine rings is 1. The average Bonchev–Trinajstić information content (AvgIpc) is 3.54. The van der Waals surface area contributed by atoms with E-state index >= 15 is 4.39 Å². The van der Waals surface area contributed by atoms with Crippen LogP contribution in [0.25, 0.3) is 0 Å². The Bertz CT molecular complexity index is 1360. The number of likely N-dealkylation sites (N-methyl/N-ethyl adjacent to an activating group) is 1. The molecule has 0 spiro atoms. The van der Waals surface area contributed by atoms with E-state index in [1.54, 1.807) is 23.0 Å². The molecule has 0 bridgehead atoms. The molecule has 12 nitrogen and oxygen atoms in total. The highest BCUT2D eigenvalue weighted by atomic mass is 19.1. The summed E-state index contributed by atoms with van der Waals surface area (Å²) in [5.74, 6) is -1.96. The molecule has 0 radical (unpaired) electrons. The lowest BCUT2D eigenvalue weighted by molar-refractivity contribution is -0.129. The van der Waals surface area contributed by atoms with Gasteiger partial charge in [0, 0.05) is 51.4 Å². The quantitative estimate of drug-likeness (QED) is 0.258. The predicted molar refractivity (Wildman–Crippen MR) is 177 cm³/mol. The summed E-state index contributed by atoms with van der Waals surface area (Å²) in [5, 5.41) is 24.2. The zero-order valence-corrected chi connectivity index (χ0v) is 28.5. The molecule has 1 aliphatic heterocycles. The maximum atomic E-state index is 15.7. The molecule has 1 saturated heterocycles. The Morgan fingerprint density at radius 2 is 1.83 bits per heavy atom. The number of aliphatic hydroxyl groups excluding tert-OH is 1.